The molecule has 0 radical (unpaired) electrons. The Morgan fingerprint density at radius 2 is 2.29 bits per heavy atom. The molecule has 0 aromatic carbocycles. The fourth-order valence-electron chi connectivity index (χ4n) is 1.95. The van der Waals surface area contributed by atoms with E-state index in [2.05, 4.69) is 0 Å². The third kappa shape index (κ3) is 2.48. The van der Waals surface area contributed by atoms with Gasteiger partial charge in [0.2, 0.25) is 0 Å². The maximum Gasteiger partial charge on any atom is 0.254 e. The second kappa shape index (κ2) is 4.59. The Balaban J connectivity index is 2.30. The maximum atomic E-state index is 12.2. The molecular formula is C11H14N2OS3. The number of hydroxylamine groups is 1. The number of nitrogens with zero attached hydrogens (tertiary/aromatic N) is 2. The van der Waals surface area contributed by atoms with Crippen LogP contribution >= 0.6 is 35.3 Å². The highest BCUT2D eigenvalue weighted by Crippen LogP contribution is 2.40. The summed E-state index contributed by atoms with van der Waals surface area (Å²) in [6.07, 6.45) is 1.39. The summed E-state index contributed by atoms with van der Waals surface area (Å²) < 4.78 is 1.60. The van der Waals surface area contributed by atoms with Crippen molar-refractivity contribution in [2.45, 2.75) is 24.8 Å². The summed E-state index contributed by atoms with van der Waals surface area (Å²) in [4.78, 5) is 2.84. The SMILES string of the molecule is CN1C(=S)SC(C)(C)[C@H]1/[N+]([O-])=C/c1cccs1. The fraction of sp³-hybridized carbons (Fsp3) is 0.455. The highest BCUT2D eigenvalue weighted by atomic mass is 32.2. The van der Waals surface area contributed by atoms with Crippen molar-refractivity contribution in [2.24, 2.45) is 0 Å². The van der Waals surface area contributed by atoms with E-state index in [9.17, 15) is 5.21 Å². The molecule has 1 aliphatic heterocycles. The molecule has 1 fully saturated rings. The quantitative estimate of drug-likeness (QED) is 0.275. The largest absolute Gasteiger partial charge is 0.622 e. The van der Waals surface area contributed by atoms with E-state index in [-0.39, 0.29) is 10.9 Å². The van der Waals surface area contributed by atoms with Gasteiger partial charge in [-0.2, -0.15) is 4.74 Å². The molecule has 92 valence electrons. The van der Waals surface area contributed by atoms with Gasteiger partial charge >= 0.3 is 0 Å². The molecule has 1 aromatic rings. The van der Waals surface area contributed by atoms with Gasteiger partial charge in [-0.25, -0.2) is 0 Å². The minimum absolute atomic E-state index is 0.193. The third-order valence-electron chi connectivity index (χ3n) is 2.67. The molecule has 2 rings (SSSR count). The lowest BCUT2D eigenvalue weighted by molar-refractivity contribution is -0.522. The van der Waals surface area contributed by atoms with E-state index >= 15 is 0 Å². The molecule has 6 heteroatoms. The summed E-state index contributed by atoms with van der Waals surface area (Å²) in [7, 11) is 1.88. The molecule has 1 atom stereocenters. The summed E-state index contributed by atoms with van der Waals surface area (Å²) in [6.45, 7) is 4.09. The van der Waals surface area contributed by atoms with Gasteiger partial charge in [0, 0.05) is 7.05 Å². The Morgan fingerprint density at radius 1 is 1.59 bits per heavy atom. The predicted octanol–water partition coefficient (Wildman–Crippen LogP) is 2.75. The van der Waals surface area contributed by atoms with Gasteiger partial charge in [0.25, 0.3) is 6.17 Å². The van der Waals surface area contributed by atoms with Crippen molar-refractivity contribution in [2.75, 3.05) is 7.05 Å². The third-order valence-corrected chi connectivity index (χ3v) is 5.21. The van der Waals surface area contributed by atoms with Crippen LogP contribution in [-0.4, -0.2) is 38.1 Å². The summed E-state index contributed by atoms with van der Waals surface area (Å²) in [5.74, 6) is 0. The lowest BCUT2D eigenvalue weighted by Crippen LogP contribution is -2.46. The molecule has 3 nitrogen and oxygen atoms in total. The molecule has 0 N–H and O–H groups in total. The first kappa shape index (κ1) is 12.9. The van der Waals surface area contributed by atoms with E-state index < -0.39 is 0 Å². The van der Waals surface area contributed by atoms with Gasteiger partial charge < -0.3 is 10.1 Å². The van der Waals surface area contributed by atoms with Gasteiger partial charge in [0.05, 0.1) is 4.88 Å². The molecule has 0 aliphatic carbocycles. The van der Waals surface area contributed by atoms with E-state index in [1.807, 2.05) is 43.3 Å². The van der Waals surface area contributed by atoms with E-state index in [0.717, 1.165) is 13.9 Å². The summed E-state index contributed by atoms with van der Waals surface area (Å²) in [6, 6.07) is 3.87. The van der Waals surface area contributed by atoms with E-state index in [1.165, 1.54) is 0 Å². The minimum Gasteiger partial charge on any atom is -0.622 e. The summed E-state index contributed by atoms with van der Waals surface area (Å²) in [5, 5.41) is 14.2. The number of thiocarbonyl (C=S) groups is 1. The Morgan fingerprint density at radius 3 is 2.76 bits per heavy atom. The average Bonchev–Trinajstić information content (AvgIpc) is 2.74. The van der Waals surface area contributed by atoms with Crippen molar-refractivity contribution in [1.29, 1.82) is 0 Å². The highest BCUT2D eigenvalue weighted by Gasteiger charge is 2.48. The number of hydrogen-bond acceptors (Lipinski definition) is 4. The van der Waals surface area contributed by atoms with Crippen LogP contribution in [0.2, 0.25) is 0 Å². The maximum absolute atomic E-state index is 12.2. The second-order valence-electron chi connectivity index (χ2n) is 4.46. The number of thiophene rings is 1. The Bertz CT molecular complexity index is 453. The van der Waals surface area contributed by atoms with Crippen LogP contribution in [0.25, 0.3) is 0 Å². The first-order valence-electron chi connectivity index (χ1n) is 5.21. The molecular weight excluding hydrogens is 272 g/mol. The number of rotatable bonds is 2. The molecule has 0 saturated carbocycles. The van der Waals surface area contributed by atoms with Crippen molar-refractivity contribution in [1.82, 2.24) is 4.90 Å². The van der Waals surface area contributed by atoms with Crippen LogP contribution in [-0.2, 0) is 0 Å². The van der Waals surface area contributed by atoms with E-state index in [1.54, 1.807) is 29.3 Å². The van der Waals surface area contributed by atoms with Crippen molar-refractivity contribution in [3.63, 3.8) is 0 Å². The van der Waals surface area contributed by atoms with Gasteiger partial charge in [-0.05, 0) is 25.3 Å². The summed E-state index contributed by atoms with van der Waals surface area (Å²) >= 11 is 8.38. The normalized spacial score (nSPS) is 24.4. The minimum atomic E-state index is -0.248. The first-order valence-corrected chi connectivity index (χ1v) is 7.32. The van der Waals surface area contributed by atoms with Gasteiger partial charge in [-0.1, -0.05) is 30.0 Å². The highest BCUT2D eigenvalue weighted by molar-refractivity contribution is 8.24. The Hall–Kier alpha value is -0.590. The molecule has 17 heavy (non-hydrogen) atoms. The van der Waals surface area contributed by atoms with Crippen molar-refractivity contribution in [3.05, 3.63) is 27.6 Å². The van der Waals surface area contributed by atoms with Crippen molar-refractivity contribution >= 4 is 45.9 Å². The fourth-order valence-corrected chi connectivity index (χ4v) is 4.40. The Kier molecular flexibility index (Phi) is 3.47. The molecule has 2 heterocycles. The average molecular weight is 286 g/mol. The molecule has 1 aliphatic rings. The van der Waals surface area contributed by atoms with Gasteiger partial charge in [-0.15, -0.1) is 11.3 Å². The molecule has 0 unspecified atom stereocenters. The zero-order valence-electron chi connectivity index (χ0n) is 9.91. The second-order valence-corrected chi connectivity index (χ2v) is 7.73. The molecule has 1 saturated heterocycles. The number of thioether (sulfide) groups is 1. The monoisotopic (exact) mass is 286 g/mol. The standard InChI is InChI=1S/C11H14N2OS3/c1-11(2)9(12(3)10(15)17-11)13(14)7-8-5-4-6-16-8/h4-7,9H,1-3H3/b13-7-/t9-/m1/s1. The van der Waals surface area contributed by atoms with Crippen LogP contribution in [0, 0.1) is 5.21 Å². The zero-order valence-corrected chi connectivity index (χ0v) is 12.4. The zero-order chi connectivity index (χ0) is 12.6. The topological polar surface area (TPSA) is 29.3 Å². The molecule has 0 amide bonds. The molecule has 1 aromatic heterocycles. The van der Waals surface area contributed by atoms with Crippen LogP contribution in [0.4, 0.5) is 0 Å². The van der Waals surface area contributed by atoms with Crippen LogP contribution in [0.3, 0.4) is 0 Å². The molecule has 0 spiro atoms. The Labute approximate surface area is 115 Å². The van der Waals surface area contributed by atoms with Crippen LogP contribution in [0.1, 0.15) is 18.7 Å². The van der Waals surface area contributed by atoms with Crippen molar-refractivity contribution in [3.8, 4) is 0 Å². The van der Waals surface area contributed by atoms with Crippen molar-refractivity contribution < 1.29 is 4.74 Å². The van der Waals surface area contributed by atoms with Gasteiger partial charge in [0.15, 0.2) is 6.21 Å². The predicted molar refractivity (Wildman–Crippen MR) is 78.9 cm³/mol. The first-order chi connectivity index (χ1) is 7.92. The van der Waals surface area contributed by atoms with Crippen LogP contribution < -0.4 is 0 Å². The smallest absolute Gasteiger partial charge is 0.254 e. The van der Waals surface area contributed by atoms with E-state index in [0.29, 0.717) is 0 Å². The van der Waals surface area contributed by atoms with Crippen LogP contribution in [0.5, 0.6) is 0 Å². The van der Waals surface area contributed by atoms with Gasteiger partial charge in [-0.3, -0.25) is 0 Å². The van der Waals surface area contributed by atoms with Gasteiger partial charge in [0.1, 0.15) is 9.07 Å². The molecule has 0 bridgehead atoms. The lowest BCUT2D eigenvalue weighted by atomic mass is 10.1. The number of hydrogen-bond donors (Lipinski definition) is 0. The lowest BCUT2D eigenvalue weighted by Gasteiger charge is -2.27. The van der Waals surface area contributed by atoms with E-state index in [4.69, 9.17) is 12.2 Å². The summed E-state index contributed by atoms with van der Waals surface area (Å²) in [5.41, 5.74) is 0. The van der Waals surface area contributed by atoms with Crippen LogP contribution in [0.15, 0.2) is 17.5 Å².